The van der Waals surface area contributed by atoms with E-state index in [9.17, 15) is 26.3 Å². The monoisotopic (exact) mass is 197 g/mol. The largest absolute Gasteiger partial charge is 0.422 e. The van der Waals surface area contributed by atoms with E-state index in [1.165, 1.54) is 0 Å². The first-order valence-corrected chi connectivity index (χ1v) is 2.45. The van der Waals surface area contributed by atoms with E-state index in [-0.39, 0.29) is 0 Å². The molecule has 0 aliphatic rings. The van der Waals surface area contributed by atoms with Gasteiger partial charge < -0.3 is 0 Å². The minimum Gasteiger partial charge on any atom is -0.166 e. The van der Waals surface area contributed by atoms with Gasteiger partial charge in [-0.3, -0.25) is 0 Å². The van der Waals surface area contributed by atoms with Crippen molar-refractivity contribution in [3.63, 3.8) is 0 Å². The van der Waals surface area contributed by atoms with Crippen molar-refractivity contribution in [1.29, 1.82) is 0 Å². The fraction of sp³-hybridized carbons (Fsp3) is 0.500. The Hall–Kier alpha value is -0.390. The van der Waals surface area contributed by atoms with Crippen molar-refractivity contribution < 1.29 is 26.3 Å². The molecule has 0 aliphatic carbocycles. The molecule has 1 radical (unpaired) electrons. The third-order valence-electron chi connectivity index (χ3n) is 0.661. The zero-order chi connectivity index (χ0) is 9.28. The van der Waals surface area contributed by atoms with Gasteiger partial charge in [0, 0.05) is 0 Å². The minimum atomic E-state index is -5.50. The molecule has 0 saturated carbocycles. The maximum Gasteiger partial charge on any atom is 0.422 e. The average Bonchev–Trinajstić information content (AvgIpc) is 1.56. The fourth-order valence-corrected chi connectivity index (χ4v) is 0.482. The van der Waals surface area contributed by atoms with Crippen LogP contribution in [0.4, 0.5) is 26.3 Å². The van der Waals surface area contributed by atoms with Crippen molar-refractivity contribution in [3.05, 3.63) is 11.1 Å². The lowest BCUT2D eigenvalue weighted by molar-refractivity contribution is -0.172. The Morgan fingerprint density at radius 2 is 1.18 bits per heavy atom. The van der Waals surface area contributed by atoms with Crippen LogP contribution in [0, 0.1) is 5.54 Å². The molecule has 0 spiro atoms. The minimum absolute atomic E-state index is 0.521. The summed E-state index contributed by atoms with van der Waals surface area (Å²) in [5.41, 5.74) is -2.31. The summed E-state index contributed by atoms with van der Waals surface area (Å²) in [6.45, 7) is 0. The van der Waals surface area contributed by atoms with E-state index in [4.69, 9.17) is 0 Å². The molecule has 0 fully saturated rings. The van der Waals surface area contributed by atoms with Crippen LogP contribution >= 0.6 is 11.6 Å². The molecule has 0 N–H and O–H groups in total. The molecule has 7 heteroatoms. The summed E-state index contributed by atoms with van der Waals surface area (Å²) in [6.07, 6.45) is -11.0. The van der Waals surface area contributed by atoms with Crippen molar-refractivity contribution in [3.8, 4) is 0 Å². The maximum absolute atomic E-state index is 11.3. The number of alkyl halides is 6. The van der Waals surface area contributed by atoms with Crippen LogP contribution < -0.4 is 0 Å². The van der Waals surface area contributed by atoms with E-state index >= 15 is 0 Å². The summed E-state index contributed by atoms with van der Waals surface area (Å²) in [5.74, 6) is 0. The van der Waals surface area contributed by atoms with Crippen molar-refractivity contribution in [2.75, 3.05) is 0 Å². The van der Waals surface area contributed by atoms with Gasteiger partial charge in [0.15, 0.2) is 5.57 Å². The van der Waals surface area contributed by atoms with Crippen molar-refractivity contribution >= 4 is 11.6 Å². The van der Waals surface area contributed by atoms with Gasteiger partial charge >= 0.3 is 12.4 Å². The lowest BCUT2D eigenvalue weighted by atomic mass is 10.3. The Bertz CT molecular complexity index is 146. The predicted molar refractivity (Wildman–Crippen MR) is 24.7 cm³/mol. The van der Waals surface area contributed by atoms with E-state index in [0.717, 1.165) is 0 Å². The first-order chi connectivity index (χ1) is 4.69. The van der Waals surface area contributed by atoms with Crippen LogP contribution in [0.2, 0.25) is 0 Å². The van der Waals surface area contributed by atoms with E-state index in [2.05, 4.69) is 11.6 Å². The molecule has 0 amide bonds. The molecule has 0 aromatic carbocycles. The summed E-state index contributed by atoms with van der Waals surface area (Å²) in [7, 11) is 0. The molecule has 65 valence electrons. The second-order valence-corrected chi connectivity index (χ2v) is 1.65. The lowest BCUT2D eigenvalue weighted by Crippen LogP contribution is -2.25. The Labute approximate surface area is 62.4 Å². The molecular weight excluding hydrogens is 197 g/mol. The zero-order valence-electron chi connectivity index (χ0n) is 4.65. The quantitative estimate of drug-likeness (QED) is 0.524. The number of hydrogen-bond acceptors (Lipinski definition) is 0. The fourth-order valence-electron chi connectivity index (χ4n) is 0.268. The first kappa shape index (κ1) is 10.6. The Morgan fingerprint density at radius 1 is 0.909 bits per heavy atom. The van der Waals surface area contributed by atoms with Gasteiger partial charge in [-0.15, -0.1) is 0 Å². The summed E-state index contributed by atoms with van der Waals surface area (Å²) in [6, 6.07) is 0. The van der Waals surface area contributed by atoms with Gasteiger partial charge in [-0.25, -0.2) is 0 Å². The highest BCUT2D eigenvalue weighted by atomic mass is 35.5. The SMILES string of the molecule is FC(F)(F)C(=[C]Cl)C(F)(F)F. The van der Waals surface area contributed by atoms with E-state index in [0.29, 0.717) is 5.54 Å². The molecule has 0 aromatic heterocycles. The highest BCUT2D eigenvalue weighted by Crippen LogP contribution is 2.38. The lowest BCUT2D eigenvalue weighted by Gasteiger charge is -2.12. The highest BCUT2D eigenvalue weighted by molar-refractivity contribution is 6.22. The predicted octanol–water partition coefficient (Wildman–Crippen LogP) is 3.04. The van der Waals surface area contributed by atoms with Crippen LogP contribution in [0.3, 0.4) is 0 Å². The Morgan fingerprint density at radius 3 is 1.18 bits per heavy atom. The summed E-state index contributed by atoms with van der Waals surface area (Å²) < 4.78 is 67.9. The van der Waals surface area contributed by atoms with Gasteiger partial charge in [-0.05, 0) is 0 Å². The van der Waals surface area contributed by atoms with Gasteiger partial charge in [-0.1, -0.05) is 11.6 Å². The number of hydrogen-bond donors (Lipinski definition) is 0. The third-order valence-corrected chi connectivity index (χ3v) is 0.850. The Kier molecular flexibility index (Phi) is 2.82. The van der Waals surface area contributed by atoms with Crippen molar-refractivity contribution in [1.82, 2.24) is 0 Å². The van der Waals surface area contributed by atoms with Crippen LogP contribution in [0.1, 0.15) is 0 Å². The van der Waals surface area contributed by atoms with Gasteiger partial charge in [0.05, 0.1) is 5.54 Å². The van der Waals surface area contributed by atoms with E-state index < -0.39 is 17.9 Å². The molecule has 0 nitrogen and oxygen atoms in total. The molecule has 0 aromatic rings. The van der Waals surface area contributed by atoms with Crippen molar-refractivity contribution in [2.45, 2.75) is 12.4 Å². The second-order valence-electron chi connectivity index (χ2n) is 1.47. The van der Waals surface area contributed by atoms with Crippen LogP contribution in [0.15, 0.2) is 5.57 Å². The molecule has 0 heterocycles. The molecule has 0 unspecified atom stereocenters. The third kappa shape index (κ3) is 3.00. The van der Waals surface area contributed by atoms with E-state index in [1.807, 2.05) is 0 Å². The Balaban J connectivity index is 4.74. The summed E-state index contributed by atoms with van der Waals surface area (Å²) in [5, 5.41) is 0. The van der Waals surface area contributed by atoms with Gasteiger partial charge in [0.1, 0.15) is 0 Å². The standard InChI is InChI=1S/C4ClF6/c5-1-2(3(6,7)8)4(9,10)11. The summed E-state index contributed by atoms with van der Waals surface area (Å²) >= 11 is 4.21. The van der Waals surface area contributed by atoms with Crippen molar-refractivity contribution in [2.24, 2.45) is 0 Å². The first-order valence-electron chi connectivity index (χ1n) is 2.07. The van der Waals surface area contributed by atoms with E-state index in [1.54, 1.807) is 0 Å². The molecular formula is C4ClF6. The smallest absolute Gasteiger partial charge is 0.166 e. The number of halogens is 7. The average molecular weight is 197 g/mol. The highest BCUT2D eigenvalue weighted by Gasteiger charge is 2.51. The topological polar surface area (TPSA) is 0 Å². The number of allylic oxidation sites excluding steroid dienone is 1. The molecule has 0 aliphatic heterocycles. The van der Waals surface area contributed by atoms with Crippen LogP contribution in [0.5, 0.6) is 0 Å². The molecule has 11 heavy (non-hydrogen) atoms. The maximum atomic E-state index is 11.3. The zero-order valence-corrected chi connectivity index (χ0v) is 5.40. The second kappa shape index (κ2) is 2.92. The molecule has 0 rings (SSSR count). The molecule has 0 saturated heterocycles. The van der Waals surface area contributed by atoms with Crippen LogP contribution in [-0.4, -0.2) is 12.4 Å². The molecule has 0 bridgehead atoms. The number of rotatable bonds is 0. The van der Waals surface area contributed by atoms with Crippen LogP contribution in [0.25, 0.3) is 0 Å². The van der Waals surface area contributed by atoms with Gasteiger partial charge in [0.25, 0.3) is 0 Å². The normalized spacial score (nSPS) is 13.0. The summed E-state index contributed by atoms with van der Waals surface area (Å²) in [4.78, 5) is 0. The van der Waals surface area contributed by atoms with Gasteiger partial charge in [-0.2, -0.15) is 26.3 Å². The molecule has 0 atom stereocenters. The van der Waals surface area contributed by atoms with Crippen LogP contribution in [-0.2, 0) is 0 Å². The van der Waals surface area contributed by atoms with Gasteiger partial charge in [0.2, 0.25) is 0 Å².